The van der Waals surface area contributed by atoms with Gasteiger partial charge in [0.15, 0.2) is 0 Å². The number of halogens is 1. The second-order valence-corrected chi connectivity index (χ2v) is 9.00. The number of piperidine rings is 1. The lowest BCUT2D eigenvalue weighted by Gasteiger charge is -2.29. The molecule has 1 atom stereocenters. The Bertz CT molecular complexity index is 1060. The van der Waals surface area contributed by atoms with E-state index in [0.29, 0.717) is 43.4 Å². The number of imide groups is 1. The van der Waals surface area contributed by atoms with Crippen molar-refractivity contribution in [3.63, 3.8) is 0 Å². The zero-order valence-corrected chi connectivity index (χ0v) is 20.3. The van der Waals surface area contributed by atoms with Gasteiger partial charge in [0.1, 0.15) is 18.4 Å². The number of ether oxygens (including phenoxy) is 2. The van der Waals surface area contributed by atoms with Gasteiger partial charge in [0.2, 0.25) is 11.8 Å². The summed E-state index contributed by atoms with van der Waals surface area (Å²) < 4.78 is 11.5. The first kappa shape index (κ1) is 25.2. The summed E-state index contributed by atoms with van der Waals surface area (Å²) in [7, 11) is 0. The van der Waals surface area contributed by atoms with Crippen LogP contribution in [0, 0.1) is 0 Å². The zero-order chi connectivity index (χ0) is 24.6. The van der Waals surface area contributed by atoms with Gasteiger partial charge < -0.3 is 19.7 Å². The van der Waals surface area contributed by atoms with Crippen LogP contribution < -0.4 is 15.4 Å². The number of amides is 3. The Hall–Kier alpha value is -2.94. The molecule has 1 fully saturated rings. The van der Waals surface area contributed by atoms with Gasteiger partial charge in [-0.25, -0.2) is 0 Å². The van der Waals surface area contributed by atoms with Gasteiger partial charge in [-0.1, -0.05) is 30.3 Å². The topological polar surface area (TPSA) is 97.0 Å². The highest BCUT2D eigenvalue weighted by Gasteiger charge is 2.40. The van der Waals surface area contributed by atoms with E-state index in [1.54, 1.807) is 12.1 Å². The van der Waals surface area contributed by atoms with Crippen molar-refractivity contribution in [1.82, 2.24) is 15.5 Å². The molecule has 186 valence electrons. The van der Waals surface area contributed by atoms with Crippen molar-refractivity contribution in [3.8, 4) is 5.75 Å². The number of fused-ring (bicyclic) bond motifs is 1. The summed E-state index contributed by atoms with van der Waals surface area (Å²) in [6, 6.07) is 12.9. The van der Waals surface area contributed by atoms with Crippen LogP contribution in [-0.2, 0) is 34.0 Å². The fourth-order valence-corrected chi connectivity index (χ4v) is 4.35. The maximum absolute atomic E-state index is 12.9. The number of alkyl halides is 1. The van der Waals surface area contributed by atoms with Crippen molar-refractivity contribution in [1.29, 1.82) is 0 Å². The van der Waals surface area contributed by atoms with E-state index in [4.69, 9.17) is 21.1 Å². The molecule has 3 amide bonds. The number of carbonyl (C=O) groups excluding carboxylic acids is 3. The maximum atomic E-state index is 12.9. The van der Waals surface area contributed by atoms with E-state index in [-0.39, 0.29) is 24.8 Å². The van der Waals surface area contributed by atoms with E-state index in [1.807, 2.05) is 18.2 Å². The Kier molecular flexibility index (Phi) is 8.74. The summed E-state index contributed by atoms with van der Waals surface area (Å²) in [6.07, 6.45) is 1.43. The second-order valence-electron chi connectivity index (χ2n) is 8.62. The number of carbonyl (C=O) groups is 3. The molecule has 0 spiro atoms. The molecule has 1 unspecified atom stereocenters. The SMILES string of the molecule is O=C1CCC(N2Cc3c(OCc4ccc(CNCCOCCCCl)cc4)cccc3C2=O)C(=O)N1. The molecule has 8 nitrogen and oxygen atoms in total. The van der Waals surface area contributed by atoms with Crippen molar-refractivity contribution in [3.05, 3.63) is 64.7 Å². The van der Waals surface area contributed by atoms with Gasteiger partial charge in [-0.3, -0.25) is 19.7 Å². The highest BCUT2D eigenvalue weighted by atomic mass is 35.5. The number of hydrogen-bond donors (Lipinski definition) is 2. The fourth-order valence-electron chi connectivity index (χ4n) is 4.24. The molecule has 0 saturated carbocycles. The number of nitrogens with zero attached hydrogens (tertiary/aromatic N) is 1. The first-order chi connectivity index (χ1) is 17.1. The molecule has 35 heavy (non-hydrogen) atoms. The summed E-state index contributed by atoms with van der Waals surface area (Å²) in [6.45, 7) is 3.54. The lowest BCUT2D eigenvalue weighted by Crippen LogP contribution is -2.52. The van der Waals surface area contributed by atoms with E-state index in [1.165, 1.54) is 10.5 Å². The third kappa shape index (κ3) is 6.39. The summed E-state index contributed by atoms with van der Waals surface area (Å²) in [5.41, 5.74) is 3.50. The van der Waals surface area contributed by atoms with Crippen LogP contribution in [0.2, 0.25) is 0 Å². The van der Waals surface area contributed by atoms with E-state index < -0.39 is 11.9 Å². The highest BCUT2D eigenvalue weighted by molar-refractivity contribution is 6.17. The van der Waals surface area contributed by atoms with Crippen LogP contribution >= 0.6 is 11.6 Å². The van der Waals surface area contributed by atoms with Gasteiger partial charge in [-0.05, 0) is 36.1 Å². The molecule has 0 aliphatic carbocycles. The van der Waals surface area contributed by atoms with E-state index in [2.05, 4.69) is 22.8 Å². The summed E-state index contributed by atoms with van der Waals surface area (Å²) in [4.78, 5) is 38.2. The van der Waals surface area contributed by atoms with Crippen molar-refractivity contribution < 1.29 is 23.9 Å². The summed E-state index contributed by atoms with van der Waals surface area (Å²) >= 11 is 5.62. The molecule has 2 aliphatic heterocycles. The molecular weight excluding hydrogens is 470 g/mol. The van der Waals surface area contributed by atoms with Crippen LogP contribution in [0.3, 0.4) is 0 Å². The molecule has 0 radical (unpaired) electrons. The van der Waals surface area contributed by atoms with E-state index >= 15 is 0 Å². The van der Waals surface area contributed by atoms with Crippen LogP contribution in [0.4, 0.5) is 0 Å². The van der Waals surface area contributed by atoms with Gasteiger partial charge in [0, 0.05) is 43.1 Å². The average molecular weight is 500 g/mol. The highest BCUT2D eigenvalue weighted by Crippen LogP contribution is 2.33. The van der Waals surface area contributed by atoms with E-state index in [9.17, 15) is 14.4 Å². The molecule has 0 bridgehead atoms. The van der Waals surface area contributed by atoms with Crippen molar-refractivity contribution >= 4 is 29.3 Å². The van der Waals surface area contributed by atoms with Crippen LogP contribution in [0.25, 0.3) is 0 Å². The molecule has 2 N–H and O–H groups in total. The maximum Gasteiger partial charge on any atom is 0.255 e. The molecule has 2 aromatic carbocycles. The predicted molar refractivity (Wildman–Crippen MR) is 131 cm³/mol. The van der Waals surface area contributed by atoms with Crippen molar-refractivity contribution in [2.75, 3.05) is 25.6 Å². The minimum Gasteiger partial charge on any atom is -0.489 e. The van der Waals surface area contributed by atoms with E-state index in [0.717, 1.165) is 30.6 Å². The molecule has 2 aromatic rings. The number of nitrogens with one attached hydrogen (secondary N) is 2. The van der Waals surface area contributed by atoms with Gasteiger partial charge in [0.05, 0.1) is 13.2 Å². The first-order valence-electron chi connectivity index (χ1n) is 11.9. The van der Waals surface area contributed by atoms with Gasteiger partial charge in [-0.2, -0.15) is 0 Å². The Morgan fingerprint density at radius 1 is 1.06 bits per heavy atom. The Labute approximate surface area is 209 Å². The third-order valence-corrected chi connectivity index (χ3v) is 6.40. The third-order valence-electron chi connectivity index (χ3n) is 6.13. The molecular formula is C26H30ClN3O5. The van der Waals surface area contributed by atoms with Crippen LogP contribution in [-0.4, -0.2) is 54.3 Å². The monoisotopic (exact) mass is 499 g/mol. The number of benzene rings is 2. The minimum atomic E-state index is -0.640. The quantitative estimate of drug-likeness (QED) is 0.265. The normalized spacial score (nSPS) is 17.5. The van der Waals surface area contributed by atoms with Gasteiger partial charge in [-0.15, -0.1) is 11.6 Å². The fraction of sp³-hybridized carbons (Fsp3) is 0.423. The predicted octanol–water partition coefficient (Wildman–Crippen LogP) is 2.76. The van der Waals surface area contributed by atoms with Crippen LogP contribution in [0.5, 0.6) is 5.75 Å². The molecule has 2 aliphatic rings. The lowest BCUT2D eigenvalue weighted by atomic mass is 10.0. The smallest absolute Gasteiger partial charge is 0.255 e. The zero-order valence-electron chi connectivity index (χ0n) is 19.6. The average Bonchev–Trinajstić information content (AvgIpc) is 3.19. The first-order valence-corrected chi connectivity index (χ1v) is 12.4. The number of hydrogen-bond acceptors (Lipinski definition) is 6. The Morgan fingerprint density at radius 2 is 1.86 bits per heavy atom. The Morgan fingerprint density at radius 3 is 2.63 bits per heavy atom. The second kappa shape index (κ2) is 12.2. The molecule has 2 heterocycles. The lowest BCUT2D eigenvalue weighted by molar-refractivity contribution is -0.136. The molecule has 4 rings (SSSR count). The summed E-state index contributed by atoms with van der Waals surface area (Å²) in [5, 5.41) is 5.68. The summed E-state index contributed by atoms with van der Waals surface area (Å²) in [5.74, 6) is 0.327. The standard InChI is InChI=1S/C26H30ClN3O5/c27-11-2-13-34-14-12-28-15-18-5-7-19(8-6-18)17-35-23-4-1-3-20-21(23)16-30(26(20)33)22-9-10-24(31)29-25(22)32/h1,3-8,22,28H,2,9-17H2,(H,29,31,32). The Balaban J connectivity index is 1.29. The largest absolute Gasteiger partial charge is 0.489 e. The molecule has 0 aromatic heterocycles. The minimum absolute atomic E-state index is 0.207. The molecule has 9 heteroatoms. The van der Waals surface area contributed by atoms with Gasteiger partial charge >= 0.3 is 0 Å². The van der Waals surface area contributed by atoms with Crippen molar-refractivity contribution in [2.24, 2.45) is 0 Å². The van der Waals surface area contributed by atoms with Gasteiger partial charge in [0.25, 0.3) is 5.91 Å². The van der Waals surface area contributed by atoms with Crippen LogP contribution in [0.15, 0.2) is 42.5 Å². The van der Waals surface area contributed by atoms with Crippen LogP contribution in [0.1, 0.15) is 46.3 Å². The molecule has 1 saturated heterocycles. The van der Waals surface area contributed by atoms with Crippen molar-refractivity contribution in [2.45, 2.75) is 45.0 Å². The number of rotatable bonds is 12.